The number of carbonyl (C=O) groups excluding carboxylic acids is 1. The van der Waals surface area contributed by atoms with Crippen molar-refractivity contribution >= 4 is 35.9 Å². The van der Waals surface area contributed by atoms with Crippen molar-refractivity contribution in [1.29, 1.82) is 0 Å². The Morgan fingerprint density at radius 1 is 1.03 bits per heavy atom. The van der Waals surface area contributed by atoms with E-state index in [9.17, 15) is 4.79 Å². The number of rotatable bonds is 8. The Balaban J connectivity index is 0.00000450. The van der Waals surface area contributed by atoms with Crippen LogP contribution in [0.4, 0.5) is 0 Å². The monoisotopic (exact) mass is 536 g/mol. The maximum absolute atomic E-state index is 11.3. The summed E-state index contributed by atoms with van der Waals surface area (Å²) in [5.41, 5.74) is 1.11. The molecule has 0 aliphatic carbocycles. The smallest absolute Gasteiger partial charge is 0.307 e. The molecule has 10 heteroatoms. The maximum Gasteiger partial charge on any atom is 0.307 e. The Morgan fingerprint density at radius 3 is 2.10 bits per heavy atom. The highest BCUT2D eigenvalue weighted by molar-refractivity contribution is 14.0. The summed E-state index contributed by atoms with van der Waals surface area (Å²) in [7, 11) is 8.00. The van der Waals surface area contributed by atoms with Gasteiger partial charge in [-0.1, -0.05) is 0 Å². The van der Waals surface area contributed by atoms with Gasteiger partial charge in [-0.15, -0.1) is 24.0 Å². The zero-order valence-electron chi connectivity index (χ0n) is 18.4. The van der Waals surface area contributed by atoms with Crippen molar-refractivity contribution in [2.45, 2.75) is 13.0 Å². The van der Waals surface area contributed by atoms with Crippen LogP contribution in [-0.4, -0.2) is 89.9 Å². The zero-order valence-corrected chi connectivity index (χ0v) is 20.7. The van der Waals surface area contributed by atoms with Crippen molar-refractivity contribution < 1.29 is 23.7 Å². The molecule has 0 bridgehead atoms. The van der Waals surface area contributed by atoms with Crippen LogP contribution in [0.25, 0.3) is 0 Å². The minimum Gasteiger partial charge on any atom is -0.493 e. The summed E-state index contributed by atoms with van der Waals surface area (Å²) in [6.45, 7) is 4.79. The van der Waals surface area contributed by atoms with Gasteiger partial charge >= 0.3 is 5.97 Å². The molecule has 0 amide bonds. The number of esters is 1. The van der Waals surface area contributed by atoms with E-state index < -0.39 is 0 Å². The van der Waals surface area contributed by atoms with E-state index in [1.807, 2.05) is 12.1 Å². The molecular weight excluding hydrogens is 503 g/mol. The van der Waals surface area contributed by atoms with Crippen LogP contribution < -0.4 is 19.5 Å². The summed E-state index contributed by atoms with van der Waals surface area (Å²) in [6, 6.07) is 3.97. The largest absolute Gasteiger partial charge is 0.493 e. The van der Waals surface area contributed by atoms with Gasteiger partial charge in [0.15, 0.2) is 17.5 Å². The first-order chi connectivity index (χ1) is 14.1. The number of nitrogens with one attached hydrogen (secondary N) is 1. The Bertz CT molecular complexity index is 683. The summed E-state index contributed by atoms with van der Waals surface area (Å²) >= 11 is 0. The van der Waals surface area contributed by atoms with Crippen LogP contribution in [0.2, 0.25) is 0 Å². The molecule has 0 aromatic heterocycles. The van der Waals surface area contributed by atoms with Crippen LogP contribution in [-0.2, 0) is 16.1 Å². The number of hydrogen-bond donors (Lipinski definition) is 1. The van der Waals surface area contributed by atoms with Gasteiger partial charge in [0.2, 0.25) is 5.75 Å². The van der Waals surface area contributed by atoms with Crippen molar-refractivity contribution in [2.75, 3.05) is 68.2 Å². The van der Waals surface area contributed by atoms with Gasteiger partial charge in [0.05, 0.1) is 34.9 Å². The molecule has 1 aliphatic rings. The lowest BCUT2D eigenvalue weighted by molar-refractivity contribution is -0.140. The number of nitrogens with zero attached hydrogens (tertiary/aromatic N) is 3. The minimum absolute atomic E-state index is 0. The number of halogens is 1. The van der Waals surface area contributed by atoms with Gasteiger partial charge in [0, 0.05) is 46.3 Å². The second-order valence-electron chi connectivity index (χ2n) is 6.60. The SMILES string of the molecule is CN=C(NCCC(=O)OC)N1CCN(Cc2cc(OC)c(OC)c(OC)c2)CC1.I. The summed E-state index contributed by atoms with van der Waals surface area (Å²) in [5, 5.41) is 3.22. The fourth-order valence-corrected chi connectivity index (χ4v) is 3.31. The molecule has 1 aliphatic heterocycles. The number of guanidine groups is 1. The fourth-order valence-electron chi connectivity index (χ4n) is 3.31. The van der Waals surface area contributed by atoms with E-state index in [2.05, 4.69) is 24.8 Å². The van der Waals surface area contributed by atoms with Gasteiger partial charge in [-0.3, -0.25) is 14.7 Å². The van der Waals surface area contributed by atoms with Crippen LogP contribution in [0.1, 0.15) is 12.0 Å². The molecule has 1 heterocycles. The number of aliphatic imine (C=N–C) groups is 1. The highest BCUT2D eigenvalue weighted by atomic mass is 127. The van der Waals surface area contributed by atoms with E-state index in [-0.39, 0.29) is 29.9 Å². The predicted molar refractivity (Wildman–Crippen MR) is 126 cm³/mol. The minimum atomic E-state index is -0.233. The lowest BCUT2D eigenvalue weighted by atomic mass is 10.1. The van der Waals surface area contributed by atoms with Gasteiger partial charge < -0.3 is 29.2 Å². The van der Waals surface area contributed by atoms with Gasteiger partial charge in [0.25, 0.3) is 0 Å². The molecule has 0 atom stereocenters. The molecule has 0 spiro atoms. The van der Waals surface area contributed by atoms with Gasteiger partial charge in [-0.25, -0.2) is 0 Å². The third kappa shape index (κ3) is 7.08. The van der Waals surface area contributed by atoms with Crippen molar-refractivity contribution in [3.05, 3.63) is 17.7 Å². The summed E-state index contributed by atoms with van der Waals surface area (Å²) < 4.78 is 20.9. The van der Waals surface area contributed by atoms with Crippen LogP contribution in [0.5, 0.6) is 17.2 Å². The first kappa shape index (κ1) is 26.1. The maximum atomic E-state index is 11.3. The quantitative estimate of drug-likeness (QED) is 0.232. The molecule has 0 radical (unpaired) electrons. The first-order valence-electron chi connectivity index (χ1n) is 9.59. The fraction of sp³-hybridized carbons (Fsp3) is 0.600. The molecule has 0 saturated carbocycles. The highest BCUT2D eigenvalue weighted by Crippen LogP contribution is 2.38. The molecule has 1 aromatic rings. The van der Waals surface area contributed by atoms with Crippen molar-refractivity contribution in [1.82, 2.24) is 15.1 Å². The van der Waals surface area contributed by atoms with Crippen LogP contribution in [0.3, 0.4) is 0 Å². The van der Waals surface area contributed by atoms with Crippen molar-refractivity contribution in [3.8, 4) is 17.2 Å². The first-order valence-corrected chi connectivity index (χ1v) is 9.59. The van der Waals surface area contributed by atoms with Crippen molar-refractivity contribution in [2.24, 2.45) is 4.99 Å². The van der Waals surface area contributed by atoms with E-state index in [0.29, 0.717) is 30.2 Å². The molecule has 1 N–H and O–H groups in total. The summed E-state index contributed by atoms with van der Waals surface area (Å²) in [4.78, 5) is 20.2. The number of carbonyl (C=O) groups is 1. The summed E-state index contributed by atoms with van der Waals surface area (Å²) in [6.07, 6.45) is 0.316. The number of benzene rings is 1. The van der Waals surface area contributed by atoms with Gasteiger partial charge in [-0.2, -0.15) is 0 Å². The van der Waals surface area contributed by atoms with Crippen molar-refractivity contribution in [3.63, 3.8) is 0 Å². The molecule has 0 unspecified atom stereocenters. The third-order valence-electron chi connectivity index (χ3n) is 4.85. The molecule has 1 saturated heterocycles. The average molecular weight is 536 g/mol. The molecular formula is C20H33IN4O5. The molecule has 30 heavy (non-hydrogen) atoms. The number of ether oxygens (including phenoxy) is 4. The topological polar surface area (TPSA) is 84.9 Å². The Labute approximate surface area is 195 Å². The molecule has 1 fully saturated rings. The lowest BCUT2D eigenvalue weighted by Crippen LogP contribution is -2.52. The van der Waals surface area contributed by atoms with Crippen LogP contribution >= 0.6 is 24.0 Å². The molecule has 2 rings (SSSR count). The van der Waals surface area contributed by atoms with E-state index in [0.717, 1.165) is 44.2 Å². The van der Waals surface area contributed by atoms with E-state index in [1.54, 1.807) is 28.4 Å². The van der Waals surface area contributed by atoms with E-state index in [1.165, 1.54) is 7.11 Å². The lowest BCUT2D eigenvalue weighted by Gasteiger charge is -2.36. The van der Waals surface area contributed by atoms with Crippen LogP contribution in [0.15, 0.2) is 17.1 Å². The second-order valence-corrected chi connectivity index (χ2v) is 6.60. The Morgan fingerprint density at radius 2 is 1.63 bits per heavy atom. The van der Waals surface area contributed by atoms with E-state index in [4.69, 9.17) is 14.2 Å². The Hall–Kier alpha value is -1.95. The number of hydrogen-bond acceptors (Lipinski definition) is 7. The van der Waals surface area contributed by atoms with E-state index >= 15 is 0 Å². The predicted octanol–water partition coefficient (Wildman–Crippen LogP) is 1.59. The number of piperazine rings is 1. The second kappa shape index (κ2) is 13.4. The molecule has 9 nitrogen and oxygen atoms in total. The van der Waals surface area contributed by atoms with Crippen LogP contribution in [0, 0.1) is 0 Å². The standard InChI is InChI=1S/C20H32N4O5.HI/c1-21-20(22-7-6-18(25)28-4)24-10-8-23(9-11-24)14-15-12-16(26-2)19(29-5)17(13-15)27-3;/h12-13H,6-11,14H2,1-5H3,(H,21,22);1H. The Kier molecular flexibility index (Phi) is 11.6. The number of methoxy groups -OCH3 is 4. The molecule has 170 valence electrons. The molecule has 1 aromatic carbocycles. The highest BCUT2D eigenvalue weighted by Gasteiger charge is 2.21. The third-order valence-corrected chi connectivity index (χ3v) is 4.85. The van der Waals surface area contributed by atoms with Gasteiger partial charge in [-0.05, 0) is 17.7 Å². The van der Waals surface area contributed by atoms with Gasteiger partial charge in [0.1, 0.15) is 0 Å². The average Bonchev–Trinajstić information content (AvgIpc) is 2.76. The summed E-state index contributed by atoms with van der Waals surface area (Å²) in [5.74, 6) is 2.50. The zero-order chi connectivity index (χ0) is 21.2. The normalized spacial score (nSPS) is 14.6.